The summed E-state index contributed by atoms with van der Waals surface area (Å²) in [6, 6.07) is 5.86. The maximum absolute atomic E-state index is 11.1. The van der Waals surface area contributed by atoms with Crippen molar-refractivity contribution in [1.29, 1.82) is 5.26 Å². The molecule has 0 saturated heterocycles. The molecule has 0 heterocycles. The normalized spacial score (nSPS) is 10.6. The Labute approximate surface area is 91.8 Å². The lowest BCUT2D eigenvalue weighted by atomic mass is 10.1. The summed E-state index contributed by atoms with van der Waals surface area (Å²) in [5, 5.41) is 27.3. The standard InChI is InChI=1S/C11H9NO4/c1-16-11(15)8(6-12)5-7-3-2-4-9(13)10(7)14/h2-5,13-14H,1H3. The van der Waals surface area contributed by atoms with E-state index < -0.39 is 5.97 Å². The van der Waals surface area contributed by atoms with Gasteiger partial charge in [-0.05, 0) is 12.1 Å². The first-order valence-corrected chi connectivity index (χ1v) is 4.31. The van der Waals surface area contributed by atoms with E-state index in [4.69, 9.17) is 5.26 Å². The van der Waals surface area contributed by atoms with Gasteiger partial charge in [-0.25, -0.2) is 4.79 Å². The lowest BCUT2D eigenvalue weighted by molar-refractivity contribution is -0.135. The number of aromatic hydroxyl groups is 2. The van der Waals surface area contributed by atoms with Crippen LogP contribution < -0.4 is 0 Å². The van der Waals surface area contributed by atoms with Crippen molar-refractivity contribution >= 4 is 12.0 Å². The molecule has 16 heavy (non-hydrogen) atoms. The van der Waals surface area contributed by atoms with Gasteiger partial charge in [-0.15, -0.1) is 0 Å². The molecule has 0 atom stereocenters. The van der Waals surface area contributed by atoms with Crippen LogP contribution in [-0.2, 0) is 9.53 Å². The number of para-hydroxylation sites is 1. The van der Waals surface area contributed by atoms with Crippen LogP contribution in [0, 0.1) is 11.3 Å². The minimum Gasteiger partial charge on any atom is -0.504 e. The summed E-state index contributed by atoms with van der Waals surface area (Å²) in [6.45, 7) is 0. The molecule has 1 rings (SSSR count). The molecule has 0 bridgehead atoms. The number of phenols is 2. The predicted octanol–water partition coefficient (Wildman–Crippen LogP) is 1.18. The Balaban J connectivity index is 3.20. The van der Waals surface area contributed by atoms with Crippen LogP contribution in [-0.4, -0.2) is 23.3 Å². The Hall–Kier alpha value is -2.48. The minimum absolute atomic E-state index is 0.168. The van der Waals surface area contributed by atoms with E-state index in [0.29, 0.717) is 0 Å². The Morgan fingerprint density at radius 3 is 2.75 bits per heavy atom. The van der Waals surface area contributed by atoms with Gasteiger partial charge in [0.15, 0.2) is 11.5 Å². The Morgan fingerprint density at radius 1 is 1.50 bits per heavy atom. The summed E-state index contributed by atoms with van der Waals surface area (Å²) in [4.78, 5) is 11.1. The van der Waals surface area contributed by atoms with Crippen molar-refractivity contribution in [2.75, 3.05) is 7.11 Å². The van der Waals surface area contributed by atoms with Crippen LogP contribution in [0.4, 0.5) is 0 Å². The number of hydrogen-bond donors (Lipinski definition) is 2. The number of phenolic OH excluding ortho intramolecular Hbond substituents is 2. The topological polar surface area (TPSA) is 90.6 Å². The molecule has 0 aliphatic carbocycles. The van der Waals surface area contributed by atoms with Gasteiger partial charge in [0.25, 0.3) is 0 Å². The first-order chi connectivity index (χ1) is 7.60. The van der Waals surface area contributed by atoms with E-state index in [2.05, 4.69) is 4.74 Å². The molecular formula is C11H9NO4. The number of hydrogen-bond acceptors (Lipinski definition) is 5. The van der Waals surface area contributed by atoms with Crippen molar-refractivity contribution in [2.45, 2.75) is 0 Å². The first kappa shape index (κ1) is 11.6. The molecule has 0 amide bonds. The van der Waals surface area contributed by atoms with Gasteiger partial charge >= 0.3 is 5.97 Å². The fraction of sp³-hybridized carbons (Fsp3) is 0.0909. The van der Waals surface area contributed by atoms with Crippen LogP contribution in [0.2, 0.25) is 0 Å². The van der Waals surface area contributed by atoms with E-state index in [9.17, 15) is 15.0 Å². The second kappa shape index (κ2) is 4.84. The number of carbonyl (C=O) groups is 1. The van der Waals surface area contributed by atoms with Gasteiger partial charge in [-0.3, -0.25) is 0 Å². The molecule has 5 nitrogen and oxygen atoms in total. The molecular weight excluding hydrogens is 210 g/mol. The first-order valence-electron chi connectivity index (χ1n) is 4.31. The van der Waals surface area contributed by atoms with Crippen molar-refractivity contribution in [1.82, 2.24) is 0 Å². The van der Waals surface area contributed by atoms with Gasteiger partial charge in [0.2, 0.25) is 0 Å². The highest BCUT2D eigenvalue weighted by atomic mass is 16.5. The van der Waals surface area contributed by atoms with Gasteiger partial charge in [0.05, 0.1) is 7.11 Å². The van der Waals surface area contributed by atoms with Crippen molar-refractivity contribution < 1.29 is 19.7 Å². The SMILES string of the molecule is COC(=O)C(C#N)=Cc1cccc(O)c1O. The highest BCUT2D eigenvalue weighted by Gasteiger charge is 2.11. The number of carbonyl (C=O) groups excluding carboxylic acids is 1. The van der Waals surface area contributed by atoms with Gasteiger partial charge in [-0.1, -0.05) is 12.1 Å². The number of esters is 1. The van der Waals surface area contributed by atoms with Gasteiger partial charge in [0.1, 0.15) is 11.6 Å². The van der Waals surface area contributed by atoms with Crippen molar-refractivity contribution in [3.8, 4) is 17.6 Å². The van der Waals surface area contributed by atoms with Gasteiger partial charge < -0.3 is 14.9 Å². The second-order valence-electron chi connectivity index (χ2n) is 2.88. The Bertz CT molecular complexity index is 485. The monoisotopic (exact) mass is 219 g/mol. The average Bonchev–Trinajstić information content (AvgIpc) is 2.30. The summed E-state index contributed by atoms with van der Waals surface area (Å²) in [7, 11) is 1.15. The molecule has 0 aromatic heterocycles. The van der Waals surface area contributed by atoms with Crippen LogP contribution in [0.3, 0.4) is 0 Å². The van der Waals surface area contributed by atoms with Crippen LogP contribution in [0.15, 0.2) is 23.8 Å². The molecule has 1 aromatic carbocycles. The third kappa shape index (κ3) is 2.30. The van der Waals surface area contributed by atoms with E-state index in [1.54, 1.807) is 6.07 Å². The smallest absolute Gasteiger partial charge is 0.348 e. The number of ether oxygens (including phenoxy) is 1. The maximum Gasteiger partial charge on any atom is 0.348 e. The minimum atomic E-state index is -0.801. The Kier molecular flexibility index (Phi) is 3.51. The lowest BCUT2D eigenvalue weighted by Crippen LogP contribution is -2.02. The third-order valence-corrected chi connectivity index (χ3v) is 1.87. The second-order valence-corrected chi connectivity index (χ2v) is 2.88. The molecule has 0 fully saturated rings. The van der Waals surface area contributed by atoms with E-state index in [1.165, 1.54) is 18.2 Å². The highest BCUT2D eigenvalue weighted by Crippen LogP contribution is 2.29. The zero-order valence-corrected chi connectivity index (χ0v) is 8.47. The van der Waals surface area contributed by atoms with E-state index in [1.807, 2.05) is 0 Å². The molecule has 0 aliphatic rings. The summed E-state index contributed by atoms with van der Waals surface area (Å²) in [6.07, 6.45) is 1.14. The fourth-order valence-electron chi connectivity index (χ4n) is 1.07. The van der Waals surface area contributed by atoms with E-state index in [0.717, 1.165) is 13.2 Å². The van der Waals surface area contributed by atoms with Crippen LogP contribution in [0.25, 0.3) is 6.08 Å². The van der Waals surface area contributed by atoms with Crippen LogP contribution in [0.5, 0.6) is 11.5 Å². The molecule has 2 N–H and O–H groups in total. The number of methoxy groups -OCH3 is 1. The van der Waals surface area contributed by atoms with Gasteiger partial charge in [-0.2, -0.15) is 5.26 Å². The zero-order valence-electron chi connectivity index (χ0n) is 8.47. The maximum atomic E-state index is 11.1. The quantitative estimate of drug-likeness (QED) is 0.337. The number of rotatable bonds is 2. The van der Waals surface area contributed by atoms with Gasteiger partial charge in [0, 0.05) is 5.56 Å². The fourth-order valence-corrected chi connectivity index (χ4v) is 1.07. The predicted molar refractivity (Wildman–Crippen MR) is 55.4 cm³/mol. The summed E-state index contributed by atoms with van der Waals surface area (Å²) >= 11 is 0. The summed E-state index contributed by atoms with van der Waals surface area (Å²) in [5.74, 6) is -1.51. The number of nitrogens with zero attached hydrogens (tertiary/aromatic N) is 1. The van der Waals surface area contributed by atoms with Crippen LogP contribution in [0.1, 0.15) is 5.56 Å². The van der Waals surface area contributed by atoms with Crippen molar-refractivity contribution in [3.63, 3.8) is 0 Å². The molecule has 5 heteroatoms. The van der Waals surface area contributed by atoms with Crippen molar-refractivity contribution in [3.05, 3.63) is 29.3 Å². The Morgan fingerprint density at radius 2 is 2.19 bits per heavy atom. The summed E-state index contributed by atoms with van der Waals surface area (Å²) < 4.78 is 4.37. The molecule has 0 saturated carbocycles. The number of benzene rings is 1. The molecule has 82 valence electrons. The highest BCUT2D eigenvalue weighted by molar-refractivity contribution is 5.98. The third-order valence-electron chi connectivity index (χ3n) is 1.87. The molecule has 1 aromatic rings. The molecule has 0 aliphatic heterocycles. The average molecular weight is 219 g/mol. The van der Waals surface area contributed by atoms with E-state index in [-0.39, 0.29) is 22.6 Å². The lowest BCUT2D eigenvalue weighted by Gasteiger charge is -2.01. The number of nitriles is 1. The molecule has 0 unspecified atom stereocenters. The zero-order chi connectivity index (χ0) is 12.1. The molecule has 0 radical (unpaired) electrons. The molecule has 0 spiro atoms. The van der Waals surface area contributed by atoms with Crippen LogP contribution >= 0.6 is 0 Å². The van der Waals surface area contributed by atoms with E-state index >= 15 is 0 Å². The van der Waals surface area contributed by atoms with Crippen molar-refractivity contribution in [2.24, 2.45) is 0 Å². The summed E-state index contributed by atoms with van der Waals surface area (Å²) in [5.41, 5.74) is -0.0923. The largest absolute Gasteiger partial charge is 0.504 e.